The van der Waals surface area contributed by atoms with Gasteiger partial charge in [-0.2, -0.15) is 0 Å². The number of aromatic hydroxyl groups is 1. The van der Waals surface area contributed by atoms with Crippen molar-refractivity contribution in [2.75, 3.05) is 7.11 Å². The summed E-state index contributed by atoms with van der Waals surface area (Å²) in [5.74, 6) is 0.702. The van der Waals surface area contributed by atoms with Crippen LogP contribution in [0.5, 0.6) is 17.2 Å². The smallest absolute Gasteiger partial charge is 0.338 e. The van der Waals surface area contributed by atoms with Crippen LogP contribution in [0.25, 0.3) is 10.8 Å². The zero-order valence-electron chi connectivity index (χ0n) is 16.3. The van der Waals surface area contributed by atoms with Gasteiger partial charge < -0.3 is 14.6 Å². The topological polar surface area (TPSA) is 68.1 Å². The molecule has 0 aliphatic carbocycles. The standard InChI is InChI=1S/C25H19NO4/c1-29-25(28)22-9-5-4-8-19(22)16-26-23-13-12-21(15-24(23)27)30-20-11-10-17-6-2-3-7-18(17)14-20/h2-16,27H,1H3. The molecule has 30 heavy (non-hydrogen) atoms. The van der Waals surface area contributed by atoms with Gasteiger partial charge in [0.25, 0.3) is 0 Å². The Bertz CT molecular complexity index is 1250. The zero-order valence-corrected chi connectivity index (χ0v) is 16.3. The third-order valence-electron chi connectivity index (χ3n) is 4.61. The lowest BCUT2D eigenvalue weighted by Gasteiger charge is -2.08. The highest BCUT2D eigenvalue weighted by Gasteiger charge is 2.10. The second-order valence-corrected chi connectivity index (χ2v) is 6.60. The second kappa shape index (κ2) is 8.49. The molecule has 0 fully saturated rings. The molecule has 0 spiro atoms. The molecular weight excluding hydrogens is 378 g/mol. The number of ether oxygens (including phenoxy) is 2. The summed E-state index contributed by atoms with van der Waals surface area (Å²) in [6.45, 7) is 0. The summed E-state index contributed by atoms with van der Waals surface area (Å²) in [5.41, 5.74) is 1.36. The van der Waals surface area contributed by atoms with Crippen LogP contribution in [0.4, 0.5) is 5.69 Å². The maximum atomic E-state index is 11.9. The van der Waals surface area contributed by atoms with Crippen molar-refractivity contribution in [2.24, 2.45) is 4.99 Å². The van der Waals surface area contributed by atoms with Crippen LogP contribution in [-0.2, 0) is 4.74 Å². The molecule has 5 nitrogen and oxygen atoms in total. The molecule has 148 valence electrons. The maximum absolute atomic E-state index is 11.9. The number of phenolic OH excluding ortho intramolecular Hbond substituents is 1. The van der Waals surface area contributed by atoms with Crippen molar-refractivity contribution in [1.82, 2.24) is 0 Å². The fourth-order valence-corrected chi connectivity index (χ4v) is 3.09. The molecule has 0 unspecified atom stereocenters. The van der Waals surface area contributed by atoms with Gasteiger partial charge in [-0.25, -0.2) is 4.79 Å². The Morgan fingerprint density at radius 1 is 0.867 bits per heavy atom. The minimum absolute atomic E-state index is 0.0277. The Hall–Kier alpha value is -4.12. The third-order valence-corrected chi connectivity index (χ3v) is 4.61. The first-order valence-corrected chi connectivity index (χ1v) is 9.35. The quantitative estimate of drug-likeness (QED) is 0.337. The number of carbonyl (C=O) groups is 1. The Kier molecular flexibility index (Phi) is 5.44. The predicted molar refractivity (Wildman–Crippen MR) is 117 cm³/mol. The summed E-state index contributed by atoms with van der Waals surface area (Å²) < 4.78 is 10.7. The van der Waals surface area contributed by atoms with Gasteiger partial charge in [-0.15, -0.1) is 0 Å². The lowest BCUT2D eigenvalue weighted by atomic mass is 10.1. The lowest BCUT2D eigenvalue weighted by molar-refractivity contribution is 0.0600. The van der Waals surface area contributed by atoms with E-state index in [4.69, 9.17) is 9.47 Å². The molecule has 1 N–H and O–H groups in total. The van der Waals surface area contributed by atoms with Crippen molar-refractivity contribution in [3.05, 3.63) is 96.1 Å². The maximum Gasteiger partial charge on any atom is 0.338 e. The van der Waals surface area contributed by atoms with Gasteiger partial charge >= 0.3 is 5.97 Å². The Labute approximate surface area is 173 Å². The van der Waals surface area contributed by atoms with Crippen LogP contribution in [0.1, 0.15) is 15.9 Å². The largest absolute Gasteiger partial charge is 0.506 e. The van der Waals surface area contributed by atoms with E-state index in [0.717, 1.165) is 10.8 Å². The number of nitrogens with zero attached hydrogens (tertiary/aromatic N) is 1. The summed E-state index contributed by atoms with van der Waals surface area (Å²) in [6, 6.07) is 25.7. The number of esters is 1. The summed E-state index contributed by atoms with van der Waals surface area (Å²) in [4.78, 5) is 16.2. The molecule has 0 radical (unpaired) electrons. The summed E-state index contributed by atoms with van der Waals surface area (Å²) in [5, 5.41) is 12.6. The number of phenols is 1. The first-order chi connectivity index (χ1) is 14.6. The van der Waals surface area contributed by atoms with Crippen molar-refractivity contribution < 1.29 is 19.4 Å². The molecule has 0 heterocycles. The van der Waals surface area contributed by atoms with Crippen molar-refractivity contribution in [2.45, 2.75) is 0 Å². The average molecular weight is 397 g/mol. The molecule has 0 saturated heterocycles. The summed E-state index contributed by atoms with van der Waals surface area (Å²) in [7, 11) is 1.33. The second-order valence-electron chi connectivity index (χ2n) is 6.60. The highest BCUT2D eigenvalue weighted by Crippen LogP contribution is 2.33. The van der Waals surface area contributed by atoms with E-state index in [-0.39, 0.29) is 5.75 Å². The third kappa shape index (κ3) is 4.15. The molecule has 0 amide bonds. The van der Waals surface area contributed by atoms with Gasteiger partial charge in [0.2, 0.25) is 0 Å². The van der Waals surface area contributed by atoms with Crippen LogP contribution in [0.3, 0.4) is 0 Å². The average Bonchev–Trinajstić information content (AvgIpc) is 2.78. The van der Waals surface area contributed by atoms with E-state index >= 15 is 0 Å². The summed E-state index contributed by atoms with van der Waals surface area (Å²) >= 11 is 0. The zero-order chi connectivity index (χ0) is 20.9. The van der Waals surface area contributed by atoms with Gasteiger partial charge in [0.15, 0.2) is 0 Å². The Balaban J connectivity index is 1.55. The molecule has 5 heteroatoms. The first-order valence-electron chi connectivity index (χ1n) is 9.35. The molecule has 4 aromatic rings. The fourth-order valence-electron chi connectivity index (χ4n) is 3.09. The predicted octanol–water partition coefficient (Wildman–Crippen LogP) is 5.87. The minimum atomic E-state index is -0.444. The molecule has 0 bridgehead atoms. The summed E-state index contributed by atoms with van der Waals surface area (Å²) in [6.07, 6.45) is 1.52. The van der Waals surface area contributed by atoms with Gasteiger partial charge in [-0.05, 0) is 41.1 Å². The molecule has 0 saturated carbocycles. The van der Waals surface area contributed by atoms with Crippen LogP contribution in [0, 0.1) is 0 Å². The Morgan fingerprint density at radius 3 is 2.37 bits per heavy atom. The van der Waals surface area contributed by atoms with Crippen molar-refractivity contribution in [3.8, 4) is 17.2 Å². The number of carbonyl (C=O) groups excluding carboxylic acids is 1. The van der Waals surface area contributed by atoms with E-state index in [9.17, 15) is 9.90 Å². The van der Waals surface area contributed by atoms with E-state index in [1.807, 2.05) is 42.5 Å². The number of methoxy groups -OCH3 is 1. The molecule has 0 aliphatic rings. The molecule has 0 aliphatic heterocycles. The van der Waals surface area contributed by atoms with Crippen LogP contribution in [0.2, 0.25) is 0 Å². The minimum Gasteiger partial charge on any atom is -0.506 e. The van der Waals surface area contributed by atoms with Gasteiger partial charge in [0, 0.05) is 17.8 Å². The first kappa shape index (κ1) is 19.2. The van der Waals surface area contributed by atoms with Crippen LogP contribution < -0.4 is 4.74 Å². The highest BCUT2D eigenvalue weighted by atomic mass is 16.5. The van der Waals surface area contributed by atoms with Crippen molar-refractivity contribution in [1.29, 1.82) is 0 Å². The van der Waals surface area contributed by atoms with Crippen LogP contribution in [-0.4, -0.2) is 24.4 Å². The van der Waals surface area contributed by atoms with E-state index in [1.54, 1.807) is 36.4 Å². The van der Waals surface area contributed by atoms with E-state index in [0.29, 0.717) is 28.3 Å². The molecule has 0 aromatic heterocycles. The van der Waals surface area contributed by atoms with Gasteiger partial charge in [-0.3, -0.25) is 4.99 Å². The van der Waals surface area contributed by atoms with Gasteiger partial charge in [0.1, 0.15) is 22.9 Å². The van der Waals surface area contributed by atoms with Gasteiger partial charge in [0.05, 0.1) is 12.7 Å². The molecule has 4 aromatic carbocycles. The van der Waals surface area contributed by atoms with Crippen molar-refractivity contribution in [3.63, 3.8) is 0 Å². The number of rotatable bonds is 5. The van der Waals surface area contributed by atoms with Crippen molar-refractivity contribution >= 4 is 28.6 Å². The van der Waals surface area contributed by atoms with E-state index in [1.165, 1.54) is 19.4 Å². The number of benzene rings is 4. The number of hydrogen-bond donors (Lipinski definition) is 1. The van der Waals surface area contributed by atoms with Crippen LogP contribution >= 0.6 is 0 Å². The Morgan fingerprint density at radius 2 is 1.57 bits per heavy atom. The highest BCUT2D eigenvalue weighted by molar-refractivity contribution is 6.00. The molecule has 0 atom stereocenters. The molecule has 4 rings (SSSR count). The van der Waals surface area contributed by atoms with Crippen LogP contribution in [0.15, 0.2) is 89.9 Å². The van der Waals surface area contributed by atoms with E-state index in [2.05, 4.69) is 4.99 Å². The number of hydrogen-bond acceptors (Lipinski definition) is 5. The lowest BCUT2D eigenvalue weighted by Crippen LogP contribution is -2.04. The van der Waals surface area contributed by atoms with E-state index < -0.39 is 5.97 Å². The number of aliphatic imine (C=N–C) groups is 1. The fraction of sp³-hybridized carbons (Fsp3) is 0.0400. The SMILES string of the molecule is COC(=O)c1ccccc1C=Nc1ccc(Oc2ccc3ccccc3c2)cc1O. The molecular formula is C25H19NO4. The monoisotopic (exact) mass is 397 g/mol. The normalized spacial score (nSPS) is 11.0. The van der Waals surface area contributed by atoms with Gasteiger partial charge in [-0.1, -0.05) is 48.5 Å². The number of fused-ring (bicyclic) bond motifs is 1.